The van der Waals surface area contributed by atoms with Crippen molar-refractivity contribution in [3.05, 3.63) is 18.0 Å². The van der Waals surface area contributed by atoms with Gasteiger partial charge in [-0.05, 0) is 26.5 Å². The molecule has 0 saturated carbocycles. The topological polar surface area (TPSA) is 47.1 Å². The molecule has 0 bridgehead atoms. The number of likely N-dealkylation sites (N-methyl/N-ethyl adjacent to an activating group) is 1. The van der Waals surface area contributed by atoms with E-state index >= 15 is 0 Å². The zero-order chi connectivity index (χ0) is 12.2. The number of nitrogens with zero attached hydrogens (tertiary/aromatic N) is 3. The van der Waals surface area contributed by atoms with Gasteiger partial charge in [-0.3, -0.25) is 9.58 Å². The zero-order valence-corrected chi connectivity index (χ0v) is 10.9. The van der Waals surface area contributed by atoms with E-state index in [1.807, 2.05) is 17.9 Å². The van der Waals surface area contributed by atoms with Crippen LogP contribution in [0.1, 0.15) is 26.5 Å². The highest BCUT2D eigenvalue weighted by atomic mass is 15.3. The van der Waals surface area contributed by atoms with Crippen LogP contribution in [-0.4, -0.2) is 39.9 Å². The fourth-order valence-electron chi connectivity index (χ4n) is 1.91. The van der Waals surface area contributed by atoms with Crippen molar-refractivity contribution in [2.75, 3.05) is 19.6 Å². The predicted molar refractivity (Wildman–Crippen MR) is 67.3 cm³/mol. The van der Waals surface area contributed by atoms with Crippen LogP contribution in [0.25, 0.3) is 0 Å². The van der Waals surface area contributed by atoms with Crippen LogP contribution in [0, 0.1) is 0 Å². The van der Waals surface area contributed by atoms with Crippen LogP contribution in [0.4, 0.5) is 0 Å². The smallest absolute Gasteiger partial charge is 0.0492 e. The van der Waals surface area contributed by atoms with E-state index in [0.717, 1.165) is 19.5 Å². The molecule has 16 heavy (non-hydrogen) atoms. The second-order valence-electron chi connectivity index (χ2n) is 4.79. The standard InChI is InChI=1S/C12H24N4/c1-5-16(12(2,3)10-13)9-7-11-6-8-14-15(11)4/h6,8H,5,7,9-10,13H2,1-4H3. The Kier molecular flexibility index (Phi) is 4.50. The van der Waals surface area contributed by atoms with Gasteiger partial charge in [-0.15, -0.1) is 0 Å². The van der Waals surface area contributed by atoms with Crippen molar-refractivity contribution in [2.24, 2.45) is 12.8 Å². The molecule has 0 saturated heterocycles. The number of hydrogen-bond donors (Lipinski definition) is 1. The molecule has 0 aliphatic heterocycles. The molecule has 0 unspecified atom stereocenters. The molecule has 0 spiro atoms. The average molecular weight is 224 g/mol. The van der Waals surface area contributed by atoms with Gasteiger partial charge in [0.15, 0.2) is 0 Å². The lowest BCUT2D eigenvalue weighted by molar-refractivity contribution is 0.135. The summed E-state index contributed by atoms with van der Waals surface area (Å²) in [6.45, 7) is 9.31. The van der Waals surface area contributed by atoms with Gasteiger partial charge in [-0.1, -0.05) is 6.92 Å². The minimum absolute atomic E-state index is 0.0767. The third kappa shape index (κ3) is 3.06. The van der Waals surface area contributed by atoms with Crippen LogP contribution >= 0.6 is 0 Å². The molecule has 1 aromatic rings. The lowest BCUT2D eigenvalue weighted by atomic mass is 10.0. The molecule has 2 N–H and O–H groups in total. The predicted octanol–water partition coefficient (Wildman–Crippen LogP) is 1.02. The van der Waals surface area contributed by atoms with Crippen LogP contribution in [-0.2, 0) is 13.5 Å². The number of hydrogen-bond acceptors (Lipinski definition) is 3. The van der Waals surface area contributed by atoms with Crippen molar-refractivity contribution in [1.29, 1.82) is 0 Å². The molecule has 1 rings (SSSR count). The summed E-state index contributed by atoms with van der Waals surface area (Å²) in [4.78, 5) is 2.42. The largest absolute Gasteiger partial charge is 0.329 e. The monoisotopic (exact) mass is 224 g/mol. The Bertz CT molecular complexity index is 317. The molecular weight excluding hydrogens is 200 g/mol. The average Bonchev–Trinajstić information content (AvgIpc) is 2.65. The van der Waals surface area contributed by atoms with Gasteiger partial charge in [-0.2, -0.15) is 5.10 Å². The molecule has 0 atom stereocenters. The Balaban J connectivity index is 2.56. The van der Waals surface area contributed by atoms with Crippen LogP contribution in [0.2, 0.25) is 0 Å². The van der Waals surface area contributed by atoms with Gasteiger partial charge in [0.05, 0.1) is 0 Å². The lowest BCUT2D eigenvalue weighted by Gasteiger charge is -2.37. The van der Waals surface area contributed by atoms with Crippen molar-refractivity contribution in [3.63, 3.8) is 0 Å². The summed E-state index contributed by atoms with van der Waals surface area (Å²) in [5.41, 5.74) is 7.15. The molecule has 92 valence electrons. The van der Waals surface area contributed by atoms with Crippen molar-refractivity contribution in [3.8, 4) is 0 Å². The van der Waals surface area contributed by atoms with Gasteiger partial charge in [0.25, 0.3) is 0 Å². The molecule has 1 heterocycles. The van der Waals surface area contributed by atoms with E-state index in [9.17, 15) is 0 Å². The van der Waals surface area contributed by atoms with E-state index in [4.69, 9.17) is 5.73 Å². The maximum atomic E-state index is 5.80. The summed E-state index contributed by atoms with van der Waals surface area (Å²) in [6.07, 6.45) is 2.87. The summed E-state index contributed by atoms with van der Waals surface area (Å²) >= 11 is 0. The first-order valence-corrected chi connectivity index (χ1v) is 5.93. The fourth-order valence-corrected chi connectivity index (χ4v) is 1.91. The van der Waals surface area contributed by atoms with Crippen molar-refractivity contribution < 1.29 is 0 Å². The van der Waals surface area contributed by atoms with Gasteiger partial charge < -0.3 is 5.73 Å². The Morgan fingerprint density at radius 3 is 2.62 bits per heavy atom. The summed E-state index contributed by atoms with van der Waals surface area (Å²) in [6, 6.07) is 2.07. The Morgan fingerprint density at radius 1 is 1.50 bits per heavy atom. The van der Waals surface area contributed by atoms with E-state index in [1.165, 1.54) is 5.69 Å². The number of nitrogens with two attached hydrogens (primary N) is 1. The van der Waals surface area contributed by atoms with Crippen LogP contribution in [0.5, 0.6) is 0 Å². The minimum atomic E-state index is 0.0767. The summed E-state index contributed by atoms with van der Waals surface area (Å²) in [5.74, 6) is 0. The van der Waals surface area contributed by atoms with E-state index in [1.54, 1.807) is 0 Å². The second kappa shape index (κ2) is 5.46. The van der Waals surface area contributed by atoms with Gasteiger partial charge in [0.1, 0.15) is 0 Å². The van der Waals surface area contributed by atoms with Crippen molar-refractivity contribution in [2.45, 2.75) is 32.7 Å². The van der Waals surface area contributed by atoms with E-state index in [2.05, 4.69) is 36.8 Å². The maximum Gasteiger partial charge on any atom is 0.0492 e. The first-order chi connectivity index (χ1) is 7.51. The highest BCUT2D eigenvalue weighted by molar-refractivity contribution is 5.01. The molecule has 1 aromatic heterocycles. The maximum absolute atomic E-state index is 5.80. The molecule has 0 radical (unpaired) electrons. The Hall–Kier alpha value is -0.870. The van der Waals surface area contributed by atoms with Crippen LogP contribution in [0.15, 0.2) is 12.3 Å². The molecule has 4 heteroatoms. The van der Waals surface area contributed by atoms with Crippen LogP contribution in [0.3, 0.4) is 0 Å². The normalized spacial score (nSPS) is 12.4. The Labute approximate surface area is 98.4 Å². The molecule has 0 aliphatic rings. The molecular formula is C12H24N4. The van der Waals surface area contributed by atoms with Gasteiger partial charge >= 0.3 is 0 Å². The Morgan fingerprint density at radius 2 is 2.19 bits per heavy atom. The van der Waals surface area contributed by atoms with Gasteiger partial charge in [0.2, 0.25) is 0 Å². The minimum Gasteiger partial charge on any atom is -0.329 e. The highest BCUT2D eigenvalue weighted by Gasteiger charge is 2.23. The molecule has 0 amide bonds. The van der Waals surface area contributed by atoms with E-state index < -0.39 is 0 Å². The third-order valence-electron chi connectivity index (χ3n) is 3.30. The first-order valence-electron chi connectivity index (χ1n) is 5.93. The SMILES string of the molecule is CCN(CCc1ccnn1C)C(C)(C)CN. The number of rotatable bonds is 6. The van der Waals surface area contributed by atoms with Crippen LogP contribution < -0.4 is 5.73 Å². The van der Waals surface area contributed by atoms with Gasteiger partial charge in [0, 0.05) is 44.0 Å². The van der Waals surface area contributed by atoms with Gasteiger partial charge in [-0.25, -0.2) is 0 Å². The first kappa shape index (κ1) is 13.2. The van der Waals surface area contributed by atoms with Crippen molar-refractivity contribution >= 4 is 0 Å². The fraction of sp³-hybridized carbons (Fsp3) is 0.750. The summed E-state index contributed by atoms with van der Waals surface area (Å²) < 4.78 is 1.93. The van der Waals surface area contributed by atoms with E-state index in [0.29, 0.717) is 6.54 Å². The molecule has 0 aromatic carbocycles. The molecule has 0 fully saturated rings. The number of aromatic nitrogens is 2. The summed E-state index contributed by atoms with van der Waals surface area (Å²) in [5, 5.41) is 4.18. The second-order valence-corrected chi connectivity index (χ2v) is 4.79. The quantitative estimate of drug-likeness (QED) is 0.785. The number of aryl methyl sites for hydroxylation is 1. The summed E-state index contributed by atoms with van der Waals surface area (Å²) in [7, 11) is 1.99. The molecule has 0 aliphatic carbocycles. The lowest BCUT2D eigenvalue weighted by Crippen LogP contribution is -2.50. The third-order valence-corrected chi connectivity index (χ3v) is 3.30. The van der Waals surface area contributed by atoms with E-state index in [-0.39, 0.29) is 5.54 Å². The highest BCUT2D eigenvalue weighted by Crippen LogP contribution is 2.13. The molecule has 4 nitrogen and oxygen atoms in total. The van der Waals surface area contributed by atoms with Crippen molar-refractivity contribution in [1.82, 2.24) is 14.7 Å². The zero-order valence-electron chi connectivity index (χ0n) is 10.9.